The van der Waals surface area contributed by atoms with Gasteiger partial charge in [-0.05, 0) is 29.0 Å². The van der Waals surface area contributed by atoms with Crippen molar-refractivity contribution in [1.82, 2.24) is 8.61 Å². The van der Waals surface area contributed by atoms with Gasteiger partial charge < -0.3 is 5.73 Å². The maximum absolute atomic E-state index is 12.4. The van der Waals surface area contributed by atoms with Crippen LogP contribution in [0.25, 0.3) is 5.57 Å². The fraction of sp³-hybridized carbons (Fsp3) is 0.389. The standard InChI is InChI=1S/C18H25N3O3S/c1-18(2)12-14(21(5)25(23,24)20(3)4)11-15(17(19)22)16(18)13-9-7-6-8-10-13/h6-11H,12H2,1-5H3,(H2,19,22). The normalized spacial score (nSPS) is 17.4. The molecule has 0 saturated carbocycles. The first-order valence-corrected chi connectivity index (χ1v) is 9.35. The van der Waals surface area contributed by atoms with Gasteiger partial charge in [-0.1, -0.05) is 44.2 Å². The van der Waals surface area contributed by atoms with Gasteiger partial charge in [0.1, 0.15) is 0 Å². The molecule has 0 bridgehead atoms. The number of carbonyl (C=O) groups is 1. The molecule has 0 unspecified atom stereocenters. The van der Waals surface area contributed by atoms with Gasteiger partial charge in [-0.25, -0.2) is 0 Å². The zero-order valence-corrected chi connectivity index (χ0v) is 16.1. The van der Waals surface area contributed by atoms with Gasteiger partial charge in [-0.3, -0.25) is 9.10 Å². The van der Waals surface area contributed by atoms with Crippen LogP contribution in [0.5, 0.6) is 0 Å². The van der Waals surface area contributed by atoms with Crippen molar-refractivity contribution in [1.29, 1.82) is 0 Å². The number of rotatable bonds is 5. The zero-order chi connectivity index (χ0) is 19.0. The summed E-state index contributed by atoms with van der Waals surface area (Å²) in [5.41, 5.74) is 7.80. The number of benzene rings is 1. The minimum absolute atomic E-state index is 0.346. The van der Waals surface area contributed by atoms with E-state index in [4.69, 9.17) is 5.73 Å². The van der Waals surface area contributed by atoms with Crippen LogP contribution in [0.1, 0.15) is 25.8 Å². The molecule has 0 fully saturated rings. The van der Waals surface area contributed by atoms with Gasteiger partial charge in [0.2, 0.25) is 5.91 Å². The fourth-order valence-corrected chi connectivity index (χ4v) is 4.04. The molecule has 0 heterocycles. The third-order valence-corrected chi connectivity index (χ3v) is 6.27. The zero-order valence-electron chi connectivity index (χ0n) is 15.3. The maximum atomic E-state index is 12.4. The highest BCUT2D eigenvalue weighted by Gasteiger charge is 2.36. The number of amides is 1. The molecule has 7 heteroatoms. The predicted molar refractivity (Wildman–Crippen MR) is 99.4 cm³/mol. The second-order valence-electron chi connectivity index (χ2n) is 6.97. The summed E-state index contributed by atoms with van der Waals surface area (Å²) in [5.74, 6) is -0.570. The molecule has 2 N–H and O–H groups in total. The summed E-state index contributed by atoms with van der Waals surface area (Å²) < 4.78 is 27.2. The highest BCUT2D eigenvalue weighted by atomic mass is 32.2. The first-order chi connectivity index (χ1) is 11.5. The van der Waals surface area contributed by atoms with Crippen molar-refractivity contribution >= 4 is 21.7 Å². The van der Waals surface area contributed by atoms with E-state index in [0.717, 1.165) is 15.4 Å². The smallest absolute Gasteiger partial charge is 0.303 e. The molecule has 1 aromatic rings. The van der Waals surface area contributed by atoms with Crippen LogP contribution in [0.15, 0.2) is 47.7 Å². The second-order valence-corrected chi connectivity index (χ2v) is 9.15. The van der Waals surface area contributed by atoms with Crippen LogP contribution in [-0.2, 0) is 15.0 Å². The molecular weight excluding hydrogens is 338 g/mol. The van der Waals surface area contributed by atoms with Crippen LogP contribution in [0, 0.1) is 5.41 Å². The van der Waals surface area contributed by atoms with Gasteiger partial charge in [-0.2, -0.15) is 12.7 Å². The lowest BCUT2D eigenvalue weighted by molar-refractivity contribution is -0.114. The van der Waals surface area contributed by atoms with Gasteiger partial charge in [-0.15, -0.1) is 0 Å². The summed E-state index contributed by atoms with van der Waals surface area (Å²) in [6.07, 6.45) is 2.06. The lowest BCUT2D eigenvalue weighted by Crippen LogP contribution is -2.39. The molecule has 1 aromatic carbocycles. The number of nitrogens with zero attached hydrogens (tertiary/aromatic N) is 2. The van der Waals surface area contributed by atoms with Crippen molar-refractivity contribution in [3.05, 3.63) is 53.2 Å². The van der Waals surface area contributed by atoms with Crippen LogP contribution < -0.4 is 5.73 Å². The molecule has 0 saturated heterocycles. The summed E-state index contributed by atoms with van der Waals surface area (Å²) in [5, 5.41) is 0. The fourth-order valence-electron chi connectivity index (χ4n) is 3.14. The Morgan fingerprint density at radius 1 is 1.12 bits per heavy atom. The molecule has 1 aliphatic rings. The van der Waals surface area contributed by atoms with Crippen molar-refractivity contribution in [2.75, 3.05) is 21.1 Å². The van der Waals surface area contributed by atoms with Crippen LogP contribution in [0.3, 0.4) is 0 Å². The largest absolute Gasteiger partial charge is 0.366 e. The highest BCUT2D eigenvalue weighted by Crippen LogP contribution is 2.46. The van der Waals surface area contributed by atoms with Crippen molar-refractivity contribution in [3.8, 4) is 0 Å². The maximum Gasteiger partial charge on any atom is 0.303 e. The number of hydrogen-bond acceptors (Lipinski definition) is 3. The molecule has 2 rings (SSSR count). The van der Waals surface area contributed by atoms with Crippen LogP contribution in [0.4, 0.5) is 0 Å². The summed E-state index contributed by atoms with van der Waals surface area (Å²) in [7, 11) is 0.801. The Morgan fingerprint density at radius 2 is 1.68 bits per heavy atom. The van der Waals surface area contributed by atoms with Gasteiger partial charge in [0.25, 0.3) is 0 Å². The number of primary amides is 1. The quantitative estimate of drug-likeness (QED) is 0.868. The molecule has 25 heavy (non-hydrogen) atoms. The number of carbonyl (C=O) groups excluding carboxylic acids is 1. The van der Waals surface area contributed by atoms with Crippen molar-refractivity contribution < 1.29 is 13.2 Å². The molecule has 1 aliphatic carbocycles. The topological polar surface area (TPSA) is 83.7 Å². The SMILES string of the molecule is CN(C)S(=O)(=O)N(C)C1=CC(C(N)=O)=C(c2ccccc2)C(C)(C)C1. The van der Waals surface area contributed by atoms with E-state index in [-0.39, 0.29) is 0 Å². The van der Waals surface area contributed by atoms with Gasteiger partial charge in [0.15, 0.2) is 0 Å². The summed E-state index contributed by atoms with van der Waals surface area (Å²) >= 11 is 0. The number of nitrogens with two attached hydrogens (primary N) is 1. The van der Waals surface area contributed by atoms with E-state index in [1.807, 2.05) is 44.2 Å². The Balaban J connectivity index is 2.67. The van der Waals surface area contributed by atoms with Gasteiger partial charge in [0, 0.05) is 32.4 Å². The third-order valence-electron chi connectivity index (χ3n) is 4.42. The van der Waals surface area contributed by atoms with Crippen LogP contribution >= 0.6 is 0 Å². The van der Waals surface area contributed by atoms with E-state index < -0.39 is 21.5 Å². The Morgan fingerprint density at radius 3 is 2.16 bits per heavy atom. The molecule has 0 spiro atoms. The third kappa shape index (κ3) is 3.62. The van der Waals surface area contributed by atoms with E-state index in [9.17, 15) is 13.2 Å². The van der Waals surface area contributed by atoms with E-state index in [0.29, 0.717) is 17.7 Å². The van der Waals surface area contributed by atoms with Gasteiger partial charge >= 0.3 is 10.2 Å². The summed E-state index contributed by atoms with van der Waals surface area (Å²) in [6.45, 7) is 3.97. The predicted octanol–water partition coefficient (Wildman–Crippen LogP) is 1.98. The molecule has 0 radical (unpaired) electrons. The summed E-state index contributed by atoms with van der Waals surface area (Å²) in [4.78, 5) is 12.1. The van der Waals surface area contributed by atoms with E-state index in [1.54, 1.807) is 6.08 Å². The molecule has 0 aliphatic heterocycles. The molecule has 6 nitrogen and oxygen atoms in total. The van der Waals surface area contributed by atoms with Crippen molar-refractivity contribution in [2.45, 2.75) is 20.3 Å². The van der Waals surface area contributed by atoms with E-state index in [1.165, 1.54) is 25.4 Å². The first-order valence-electron chi connectivity index (χ1n) is 7.95. The van der Waals surface area contributed by atoms with Crippen molar-refractivity contribution in [2.24, 2.45) is 11.1 Å². The highest BCUT2D eigenvalue weighted by molar-refractivity contribution is 7.86. The average Bonchev–Trinajstić information content (AvgIpc) is 2.52. The lowest BCUT2D eigenvalue weighted by Gasteiger charge is -2.38. The lowest BCUT2D eigenvalue weighted by atomic mass is 9.71. The molecular formula is C18H25N3O3S. The Hall–Kier alpha value is -2.12. The number of hydrogen-bond donors (Lipinski definition) is 1. The number of allylic oxidation sites excluding steroid dienone is 2. The van der Waals surface area contributed by atoms with Crippen LogP contribution in [-0.4, -0.2) is 44.1 Å². The minimum atomic E-state index is -3.63. The summed E-state index contributed by atoms with van der Waals surface area (Å²) in [6, 6.07) is 9.57. The van der Waals surface area contributed by atoms with Gasteiger partial charge in [0.05, 0.1) is 0 Å². The average molecular weight is 363 g/mol. The van der Waals surface area contributed by atoms with E-state index >= 15 is 0 Å². The van der Waals surface area contributed by atoms with Crippen LogP contribution in [0.2, 0.25) is 0 Å². The monoisotopic (exact) mass is 363 g/mol. The van der Waals surface area contributed by atoms with Crippen molar-refractivity contribution in [3.63, 3.8) is 0 Å². The molecule has 0 atom stereocenters. The Bertz CT molecular complexity index is 838. The molecule has 0 aromatic heterocycles. The first kappa shape index (κ1) is 19.2. The van der Waals surface area contributed by atoms with E-state index in [2.05, 4.69) is 0 Å². The minimum Gasteiger partial charge on any atom is -0.366 e. The molecule has 136 valence electrons. The second kappa shape index (κ2) is 6.65. The molecule has 1 amide bonds. The Labute approximate surface area is 149 Å². The Kier molecular flexibility index (Phi) is 5.11.